The number of amides is 2. The van der Waals surface area contributed by atoms with E-state index in [9.17, 15) is 9.59 Å². The normalized spacial score (nSPS) is 27.2. The summed E-state index contributed by atoms with van der Waals surface area (Å²) in [6, 6.07) is 13.5. The molecule has 4 atom stereocenters. The van der Waals surface area contributed by atoms with E-state index in [4.69, 9.17) is 4.74 Å². The van der Waals surface area contributed by atoms with Gasteiger partial charge in [0.05, 0.1) is 17.5 Å². The van der Waals surface area contributed by atoms with Crippen molar-refractivity contribution in [2.24, 2.45) is 23.7 Å². The van der Waals surface area contributed by atoms with E-state index in [1.165, 1.54) is 4.90 Å². The van der Waals surface area contributed by atoms with Crippen molar-refractivity contribution in [3.05, 3.63) is 65.7 Å². The van der Waals surface area contributed by atoms with Crippen LogP contribution in [0.5, 0.6) is 11.5 Å². The number of imide groups is 1. The molecule has 1 heterocycles. The predicted octanol–water partition coefficient (Wildman–Crippen LogP) is 5.22. The quantitative estimate of drug-likeness (QED) is 0.534. The fourth-order valence-corrected chi connectivity index (χ4v) is 5.15. The van der Waals surface area contributed by atoms with Crippen LogP contribution in [0.1, 0.15) is 37.3 Å². The van der Waals surface area contributed by atoms with Gasteiger partial charge in [0.15, 0.2) is 0 Å². The van der Waals surface area contributed by atoms with Gasteiger partial charge in [-0.1, -0.05) is 38.1 Å². The molecule has 0 N–H and O–H groups in total. The van der Waals surface area contributed by atoms with Crippen molar-refractivity contribution in [2.75, 3.05) is 4.90 Å². The van der Waals surface area contributed by atoms with Gasteiger partial charge in [-0.2, -0.15) is 0 Å². The van der Waals surface area contributed by atoms with Crippen LogP contribution >= 0.6 is 0 Å². The van der Waals surface area contributed by atoms with E-state index in [0.29, 0.717) is 17.4 Å². The summed E-state index contributed by atoms with van der Waals surface area (Å²) in [7, 11) is 0. The molecule has 2 aromatic rings. The SMILES string of the molecule is Cc1ccc(C(C)C)c(Oc2ccc(N3C(=O)[C@@H]4[C@H](C3=O)[C@H]3C=C[C@H]4C3)cc2)c1. The van der Waals surface area contributed by atoms with Crippen LogP contribution in [0.25, 0.3) is 0 Å². The molecule has 0 unspecified atom stereocenters. The Morgan fingerprint density at radius 2 is 1.55 bits per heavy atom. The summed E-state index contributed by atoms with van der Waals surface area (Å²) < 4.78 is 6.14. The van der Waals surface area contributed by atoms with Crippen LogP contribution in [0.2, 0.25) is 0 Å². The minimum absolute atomic E-state index is 0.0497. The molecule has 4 nitrogen and oxygen atoms in total. The van der Waals surface area contributed by atoms with Crippen LogP contribution < -0.4 is 9.64 Å². The third-order valence-electron chi connectivity index (χ3n) is 6.58. The van der Waals surface area contributed by atoms with Gasteiger partial charge in [0.2, 0.25) is 11.8 Å². The first-order valence-electron chi connectivity index (χ1n) is 10.4. The Morgan fingerprint density at radius 1 is 0.931 bits per heavy atom. The number of nitrogens with zero attached hydrogens (tertiary/aromatic N) is 1. The van der Waals surface area contributed by atoms with Gasteiger partial charge in [0.25, 0.3) is 0 Å². The standard InChI is InChI=1S/C25H25NO3/c1-14(2)20-11-4-15(3)12-21(20)29-19-9-7-18(8-10-19)26-24(27)22-16-5-6-17(13-16)23(22)25(26)28/h4-12,14,16-17,22-23H,13H2,1-3H3/t16-,17-,22-,23+/m0/s1. The Balaban J connectivity index is 1.39. The number of aryl methyl sites for hydroxylation is 1. The second kappa shape index (κ2) is 6.58. The Kier molecular flexibility index (Phi) is 4.12. The van der Waals surface area contributed by atoms with Crippen LogP contribution in [-0.4, -0.2) is 11.8 Å². The summed E-state index contributed by atoms with van der Waals surface area (Å²) in [4.78, 5) is 27.3. The van der Waals surface area contributed by atoms with Crippen LogP contribution in [0.15, 0.2) is 54.6 Å². The summed E-state index contributed by atoms with van der Waals surface area (Å²) in [6.45, 7) is 6.33. The van der Waals surface area contributed by atoms with Crippen molar-refractivity contribution >= 4 is 17.5 Å². The lowest BCUT2D eigenvalue weighted by atomic mass is 9.85. The average molecular weight is 387 g/mol. The molecule has 0 spiro atoms. The van der Waals surface area contributed by atoms with E-state index >= 15 is 0 Å². The van der Waals surface area contributed by atoms with Crippen LogP contribution in [0.4, 0.5) is 5.69 Å². The van der Waals surface area contributed by atoms with Gasteiger partial charge in [-0.15, -0.1) is 0 Å². The van der Waals surface area contributed by atoms with E-state index in [0.717, 1.165) is 23.3 Å². The lowest BCUT2D eigenvalue weighted by Crippen LogP contribution is -2.32. The van der Waals surface area contributed by atoms with Gasteiger partial charge < -0.3 is 4.74 Å². The molecule has 2 amide bonds. The molecule has 5 rings (SSSR count). The van der Waals surface area contributed by atoms with Crippen LogP contribution in [-0.2, 0) is 9.59 Å². The highest BCUT2D eigenvalue weighted by Gasteiger charge is 2.59. The van der Waals surface area contributed by atoms with E-state index in [-0.39, 0.29) is 35.5 Å². The predicted molar refractivity (Wildman–Crippen MR) is 112 cm³/mol. The van der Waals surface area contributed by atoms with Crippen molar-refractivity contribution in [1.29, 1.82) is 0 Å². The van der Waals surface area contributed by atoms with Crippen molar-refractivity contribution in [3.8, 4) is 11.5 Å². The monoisotopic (exact) mass is 387 g/mol. The highest BCUT2D eigenvalue weighted by molar-refractivity contribution is 6.22. The van der Waals surface area contributed by atoms with Crippen LogP contribution in [0, 0.1) is 30.6 Å². The molecule has 2 bridgehead atoms. The molecule has 2 fully saturated rings. The van der Waals surface area contributed by atoms with Crippen LogP contribution in [0.3, 0.4) is 0 Å². The fraction of sp³-hybridized carbons (Fsp3) is 0.360. The molecule has 0 radical (unpaired) electrons. The number of rotatable bonds is 4. The summed E-state index contributed by atoms with van der Waals surface area (Å²) in [5.41, 5.74) is 2.93. The fourth-order valence-electron chi connectivity index (χ4n) is 5.15. The first-order valence-corrected chi connectivity index (χ1v) is 10.4. The number of allylic oxidation sites excluding steroid dienone is 2. The Labute approximate surface area is 171 Å². The summed E-state index contributed by atoms with van der Waals surface area (Å²) in [5, 5.41) is 0. The minimum atomic E-state index is -0.172. The Bertz CT molecular complexity index is 991. The minimum Gasteiger partial charge on any atom is -0.457 e. The number of fused-ring (bicyclic) bond motifs is 5. The number of carbonyl (C=O) groups excluding carboxylic acids is 2. The smallest absolute Gasteiger partial charge is 0.238 e. The first-order chi connectivity index (χ1) is 13.9. The van der Waals surface area contributed by atoms with Gasteiger partial charge in [0, 0.05) is 0 Å². The molecule has 2 aliphatic carbocycles. The van der Waals surface area contributed by atoms with Crippen molar-refractivity contribution < 1.29 is 14.3 Å². The Morgan fingerprint density at radius 3 is 2.14 bits per heavy atom. The molecule has 0 aromatic heterocycles. The zero-order valence-electron chi connectivity index (χ0n) is 17.0. The molecule has 1 aliphatic heterocycles. The molecule has 3 aliphatic rings. The number of carbonyl (C=O) groups is 2. The molecule has 148 valence electrons. The number of ether oxygens (including phenoxy) is 1. The first kappa shape index (κ1) is 18.2. The largest absolute Gasteiger partial charge is 0.457 e. The van der Waals surface area contributed by atoms with Gasteiger partial charge in [-0.05, 0) is 72.6 Å². The maximum atomic E-state index is 13.0. The molecular weight excluding hydrogens is 362 g/mol. The maximum absolute atomic E-state index is 13.0. The summed E-state index contributed by atoms with van der Waals surface area (Å²) >= 11 is 0. The maximum Gasteiger partial charge on any atom is 0.238 e. The highest BCUT2D eigenvalue weighted by Crippen LogP contribution is 2.53. The molecule has 1 saturated heterocycles. The van der Waals surface area contributed by atoms with Crippen molar-refractivity contribution in [3.63, 3.8) is 0 Å². The second-order valence-electron chi connectivity index (χ2n) is 8.80. The third-order valence-corrected chi connectivity index (χ3v) is 6.58. The van der Waals surface area contributed by atoms with E-state index in [2.05, 4.69) is 38.1 Å². The molecular formula is C25H25NO3. The van der Waals surface area contributed by atoms with E-state index < -0.39 is 0 Å². The van der Waals surface area contributed by atoms with E-state index in [1.807, 2.05) is 37.3 Å². The molecule has 4 heteroatoms. The van der Waals surface area contributed by atoms with Gasteiger partial charge in [0.1, 0.15) is 11.5 Å². The van der Waals surface area contributed by atoms with Gasteiger partial charge in [-0.25, -0.2) is 0 Å². The van der Waals surface area contributed by atoms with Crippen molar-refractivity contribution in [1.82, 2.24) is 0 Å². The third kappa shape index (κ3) is 2.81. The van der Waals surface area contributed by atoms with Gasteiger partial charge in [-0.3, -0.25) is 14.5 Å². The molecule has 2 aromatic carbocycles. The van der Waals surface area contributed by atoms with Gasteiger partial charge >= 0.3 is 0 Å². The molecule has 29 heavy (non-hydrogen) atoms. The summed E-state index contributed by atoms with van der Waals surface area (Å²) in [6.07, 6.45) is 5.18. The van der Waals surface area contributed by atoms with E-state index in [1.54, 1.807) is 0 Å². The zero-order chi connectivity index (χ0) is 20.3. The number of hydrogen-bond acceptors (Lipinski definition) is 3. The Hall–Kier alpha value is -2.88. The zero-order valence-corrected chi connectivity index (χ0v) is 17.0. The highest BCUT2D eigenvalue weighted by atomic mass is 16.5. The van der Waals surface area contributed by atoms with Crippen molar-refractivity contribution in [2.45, 2.75) is 33.1 Å². The number of benzene rings is 2. The topological polar surface area (TPSA) is 46.6 Å². The summed E-state index contributed by atoms with van der Waals surface area (Å²) in [5.74, 6) is 1.91. The molecule has 1 saturated carbocycles. The second-order valence-corrected chi connectivity index (χ2v) is 8.80. The lowest BCUT2D eigenvalue weighted by molar-refractivity contribution is -0.123. The average Bonchev–Trinajstić information content (AvgIpc) is 3.36. The number of hydrogen-bond donors (Lipinski definition) is 0. The number of anilines is 1. The lowest BCUT2D eigenvalue weighted by Gasteiger charge is -2.18.